The Morgan fingerprint density at radius 3 is 2.56 bits per heavy atom. The molecular formula is C18H24N4O4S. The molecule has 1 amide bonds. The largest absolute Gasteiger partial charge is 0.378 e. The van der Waals surface area contributed by atoms with E-state index in [2.05, 4.69) is 10.4 Å². The molecule has 0 aliphatic carbocycles. The summed E-state index contributed by atoms with van der Waals surface area (Å²) in [5, 5.41) is 6.83. The molecule has 2 heterocycles. The molecule has 9 heteroatoms. The summed E-state index contributed by atoms with van der Waals surface area (Å²) in [6, 6.07) is 7.90. The molecular weight excluding hydrogens is 368 g/mol. The van der Waals surface area contributed by atoms with Crippen LogP contribution < -0.4 is 5.32 Å². The zero-order valence-electron chi connectivity index (χ0n) is 15.1. The van der Waals surface area contributed by atoms with Gasteiger partial charge in [0.2, 0.25) is 10.0 Å². The van der Waals surface area contributed by atoms with Crippen LogP contribution >= 0.6 is 0 Å². The van der Waals surface area contributed by atoms with Crippen molar-refractivity contribution in [1.82, 2.24) is 19.4 Å². The molecule has 1 aliphatic heterocycles. The van der Waals surface area contributed by atoms with Gasteiger partial charge in [-0.05, 0) is 43.2 Å². The van der Waals surface area contributed by atoms with Crippen molar-refractivity contribution < 1.29 is 17.9 Å². The summed E-state index contributed by atoms with van der Waals surface area (Å²) in [6.45, 7) is 3.07. The van der Waals surface area contributed by atoms with Crippen molar-refractivity contribution in [3.05, 3.63) is 48.3 Å². The van der Waals surface area contributed by atoms with Crippen LogP contribution in [0.1, 0.15) is 23.2 Å². The van der Waals surface area contributed by atoms with Crippen LogP contribution in [0.15, 0.2) is 47.6 Å². The van der Waals surface area contributed by atoms with Gasteiger partial charge >= 0.3 is 0 Å². The summed E-state index contributed by atoms with van der Waals surface area (Å²) in [6.07, 6.45) is 5.36. The smallest absolute Gasteiger partial charge is 0.251 e. The molecule has 2 aromatic rings. The fraction of sp³-hybridized carbons (Fsp3) is 0.444. The zero-order valence-corrected chi connectivity index (χ0v) is 15.9. The molecule has 0 atom stereocenters. The lowest BCUT2D eigenvalue weighted by atomic mass is 10.2. The average molecular weight is 392 g/mol. The minimum absolute atomic E-state index is 0.225. The number of rotatable bonds is 9. The monoisotopic (exact) mass is 392 g/mol. The van der Waals surface area contributed by atoms with Crippen LogP contribution in [0, 0.1) is 0 Å². The Morgan fingerprint density at radius 2 is 1.89 bits per heavy atom. The molecule has 27 heavy (non-hydrogen) atoms. The minimum Gasteiger partial charge on any atom is -0.378 e. The summed E-state index contributed by atoms with van der Waals surface area (Å²) >= 11 is 0. The molecule has 1 aliphatic rings. The van der Waals surface area contributed by atoms with Gasteiger partial charge in [0, 0.05) is 37.6 Å². The number of amides is 1. The maximum absolute atomic E-state index is 12.5. The molecule has 1 aromatic carbocycles. The lowest BCUT2D eigenvalue weighted by Crippen LogP contribution is -2.29. The van der Waals surface area contributed by atoms with Crippen LogP contribution in [0.4, 0.5) is 0 Å². The van der Waals surface area contributed by atoms with Crippen molar-refractivity contribution in [1.29, 1.82) is 0 Å². The fourth-order valence-corrected chi connectivity index (χ4v) is 4.40. The zero-order chi connectivity index (χ0) is 19.1. The number of carbonyl (C=O) groups excluding carboxylic acids is 1. The molecule has 3 rings (SSSR count). The van der Waals surface area contributed by atoms with Crippen LogP contribution in [0.5, 0.6) is 0 Å². The van der Waals surface area contributed by atoms with E-state index in [-0.39, 0.29) is 10.8 Å². The summed E-state index contributed by atoms with van der Waals surface area (Å²) in [5.74, 6) is -0.254. The predicted molar refractivity (Wildman–Crippen MR) is 99.8 cm³/mol. The summed E-state index contributed by atoms with van der Waals surface area (Å²) in [4.78, 5) is 12.4. The Balaban J connectivity index is 1.42. The van der Waals surface area contributed by atoms with Gasteiger partial charge in [0.15, 0.2) is 0 Å². The second kappa shape index (κ2) is 9.12. The number of hydrogen-bond acceptors (Lipinski definition) is 5. The highest BCUT2D eigenvalue weighted by molar-refractivity contribution is 7.89. The standard InChI is InChI=1S/C18H24N4O4S/c23-18(19-9-14-26-15-13-21-10-3-8-20-21)16-4-6-17(7-5-16)27(24,25)22-11-1-2-12-22/h3-8,10H,1-2,9,11-15H2,(H,19,23). The first-order valence-corrected chi connectivity index (χ1v) is 10.4. The van der Waals surface area contributed by atoms with Crippen LogP contribution in [0.2, 0.25) is 0 Å². The summed E-state index contributed by atoms with van der Waals surface area (Å²) in [5.41, 5.74) is 0.423. The first kappa shape index (κ1) is 19.5. The number of ether oxygens (including phenoxy) is 1. The van der Waals surface area contributed by atoms with Gasteiger partial charge < -0.3 is 10.1 Å². The molecule has 8 nitrogen and oxygen atoms in total. The quantitative estimate of drug-likeness (QED) is 0.646. The van der Waals surface area contributed by atoms with Crippen molar-refractivity contribution in [2.75, 3.05) is 32.8 Å². The molecule has 0 bridgehead atoms. The highest BCUT2D eigenvalue weighted by Crippen LogP contribution is 2.21. The van der Waals surface area contributed by atoms with Crippen LogP contribution in [0.25, 0.3) is 0 Å². The van der Waals surface area contributed by atoms with Crippen molar-refractivity contribution in [3.8, 4) is 0 Å². The van der Waals surface area contributed by atoms with Gasteiger partial charge in [-0.3, -0.25) is 9.48 Å². The van der Waals surface area contributed by atoms with Crippen LogP contribution in [0.3, 0.4) is 0 Å². The number of aromatic nitrogens is 2. The summed E-state index contributed by atoms with van der Waals surface area (Å²) in [7, 11) is -3.45. The lowest BCUT2D eigenvalue weighted by Gasteiger charge is -2.15. The highest BCUT2D eigenvalue weighted by Gasteiger charge is 2.27. The van der Waals surface area contributed by atoms with E-state index in [4.69, 9.17) is 4.74 Å². The first-order valence-electron chi connectivity index (χ1n) is 9.01. The van der Waals surface area contributed by atoms with Gasteiger partial charge in [0.1, 0.15) is 0 Å². The Morgan fingerprint density at radius 1 is 1.15 bits per heavy atom. The Hall–Kier alpha value is -2.23. The predicted octanol–water partition coefficient (Wildman–Crippen LogP) is 1.11. The molecule has 1 N–H and O–H groups in total. The molecule has 0 unspecified atom stereocenters. The van der Waals surface area contributed by atoms with Crippen molar-refractivity contribution in [2.24, 2.45) is 0 Å². The van der Waals surface area contributed by atoms with Gasteiger partial charge in [-0.25, -0.2) is 8.42 Å². The van der Waals surface area contributed by atoms with E-state index < -0.39 is 10.0 Å². The molecule has 1 fully saturated rings. The Bertz CT molecular complexity index is 829. The third-order valence-electron chi connectivity index (χ3n) is 4.38. The van der Waals surface area contributed by atoms with Crippen molar-refractivity contribution in [2.45, 2.75) is 24.3 Å². The number of hydrogen-bond donors (Lipinski definition) is 1. The number of nitrogens with zero attached hydrogens (tertiary/aromatic N) is 3. The van der Waals surface area contributed by atoms with Crippen molar-refractivity contribution >= 4 is 15.9 Å². The van der Waals surface area contributed by atoms with E-state index in [1.165, 1.54) is 28.6 Å². The fourth-order valence-electron chi connectivity index (χ4n) is 2.89. The number of benzene rings is 1. The van der Waals surface area contributed by atoms with Crippen LogP contribution in [-0.4, -0.2) is 61.3 Å². The first-order chi connectivity index (χ1) is 13.1. The Kier molecular flexibility index (Phi) is 6.59. The van der Waals surface area contributed by atoms with Gasteiger partial charge in [-0.1, -0.05) is 0 Å². The van der Waals surface area contributed by atoms with Gasteiger partial charge in [0.05, 0.1) is 24.7 Å². The normalized spacial score (nSPS) is 15.1. The second-order valence-electron chi connectivity index (χ2n) is 6.27. The SMILES string of the molecule is O=C(NCCOCCn1cccn1)c1ccc(S(=O)(=O)N2CCCC2)cc1. The number of sulfonamides is 1. The van der Waals surface area contributed by atoms with Gasteiger partial charge in [-0.15, -0.1) is 0 Å². The van der Waals surface area contributed by atoms with E-state index >= 15 is 0 Å². The van der Waals surface area contributed by atoms with Gasteiger partial charge in [-0.2, -0.15) is 9.40 Å². The minimum atomic E-state index is -3.45. The third kappa shape index (κ3) is 5.15. The number of nitrogens with one attached hydrogen (secondary N) is 1. The highest BCUT2D eigenvalue weighted by atomic mass is 32.2. The number of carbonyl (C=O) groups is 1. The maximum atomic E-state index is 12.5. The van der Waals surface area contributed by atoms with Gasteiger partial charge in [0.25, 0.3) is 5.91 Å². The Labute approximate surface area is 159 Å². The topological polar surface area (TPSA) is 93.5 Å². The van der Waals surface area contributed by atoms with E-state index in [9.17, 15) is 13.2 Å². The van der Waals surface area contributed by atoms with E-state index in [0.717, 1.165) is 12.8 Å². The maximum Gasteiger partial charge on any atom is 0.251 e. The molecule has 146 valence electrons. The van der Waals surface area contributed by atoms with E-state index in [1.54, 1.807) is 10.9 Å². The lowest BCUT2D eigenvalue weighted by molar-refractivity contribution is 0.0906. The van der Waals surface area contributed by atoms with E-state index in [0.29, 0.717) is 45.0 Å². The van der Waals surface area contributed by atoms with E-state index in [1.807, 2.05) is 12.3 Å². The van der Waals surface area contributed by atoms with Crippen LogP contribution in [-0.2, 0) is 21.3 Å². The van der Waals surface area contributed by atoms with Crippen molar-refractivity contribution in [3.63, 3.8) is 0 Å². The average Bonchev–Trinajstić information content (AvgIpc) is 3.38. The second-order valence-corrected chi connectivity index (χ2v) is 8.21. The summed E-state index contributed by atoms with van der Waals surface area (Å²) < 4.78 is 33.7. The third-order valence-corrected chi connectivity index (χ3v) is 6.29. The molecule has 0 radical (unpaired) electrons. The molecule has 0 saturated carbocycles. The molecule has 0 spiro atoms. The molecule has 1 aromatic heterocycles. The molecule has 1 saturated heterocycles.